The summed E-state index contributed by atoms with van der Waals surface area (Å²) in [6, 6.07) is 15.5. The lowest BCUT2D eigenvalue weighted by atomic mass is 10.0. The molecule has 39 heavy (non-hydrogen) atoms. The van der Waals surface area contributed by atoms with E-state index in [4.69, 9.17) is 0 Å². The van der Waals surface area contributed by atoms with Crippen LogP contribution < -0.4 is 5.32 Å². The van der Waals surface area contributed by atoms with Crippen molar-refractivity contribution in [1.82, 2.24) is 15.1 Å². The van der Waals surface area contributed by atoms with Gasteiger partial charge in [-0.25, -0.2) is 8.78 Å². The van der Waals surface area contributed by atoms with Gasteiger partial charge in [-0.3, -0.25) is 19.2 Å². The zero-order valence-electron chi connectivity index (χ0n) is 20.6. The number of nitrogens with zero attached hydrogens (tertiary/aromatic N) is 2. The van der Waals surface area contributed by atoms with Gasteiger partial charge in [0, 0.05) is 34.6 Å². The molecule has 200 valence electrons. The summed E-state index contributed by atoms with van der Waals surface area (Å²) in [6.45, 7) is 0.0657. The summed E-state index contributed by atoms with van der Waals surface area (Å²) in [5.41, 5.74) is 0.904. The number of carbonyl (C=O) groups excluding carboxylic acids is 4. The van der Waals surface area contributed by atoms with Crippen LogP contribution >= 0.6 is 15.9 Å². The van der Waals surface area contributed by atoms with E-state index in [2.05, 4.69) is 21.2 Å². The number of hydrogen-bond acceptors (Lipinski definition) is 4. The smallest absolute Gasteiger partial charge is 0.254 e. The predicted octanol–water partition coefficient (Wildman–Crippen LogP) is 3.76. The second kappa shape index (κ2) is 11.1. The highest BCUT2D eigenvalue weighted by atomic mass is 79.9. The first-order valence-electron chi connectivity index (χ1n) is 12.4. The van der Waals surface area contributed by atoms with E-state index in [9.17, 15) is 28.0 Å². The average molecular weight is 596 g/mol. The van der Waals surface area contributed by atoms with E-state index in [0.29, 0.717) is 16.5 Å². The summed E-state index contributed by atoms with van der Waals surface area (Å²) in [4.78, 5) is 56.0. The van der Waals surface area contributed by atoms with Crippen molar-refractivity contribution in [2.45, 2.75) is 31.0 Å². The molecule has 2 fully saturated rings. The van der Waals surface area contributed by atoms with Crippen LogP contribution in [0, 0.1) is 11.6 Å². The van der Waals surface area contributed by atoms with Crippen LogP contribution in [-0.4, -0.2) is 64.5 Å². The van der Waals surface area contributed by atoms with Crippen LogP contribution in [0.3, 0.4) is 0 Å². The van der Waals surface area contributed by atoms with Gasteiger partial charge in [-0.2, -0.15) is 0 Å². The Morgan fingerprint density at radius 3 is 2.31 bits per heavy atom. The Morgan fingerprint density at radius 2 is 1.62 bits per heavy atom. The first-order valence-corrected chi connectivity index (χ1v) is 13.2. The number of ketones is 1. The van der Waals surface area contributed by atoms with E-state index in [1.807, 2.05) is 0 Å². The molecule has 3 aromatic rings. The minimum atomic E-state index is -1.21. The summed E-state index contributed by atoms with van der Waals surface area (Å²) in [5.74, 6) is -3.29. The van der Waals surface area contributed by atoms with Crippen molar-refractivity contribution in [3.8, 4) is 0 Å². The third kappa shape index (κ3) is 5.61. The van der Waals surface area contributed by atoms with Crippen LogP contribution in [0.15, 0.2) is 77.3 Å². The van der Waals surface area contributed by atoms with E-state index in [0.717, 1.165) is 18.2 Å². The summed E-state index contributed by atoms with van der Waals surface area (Å²) < 4.78 is 28.5. The van der Waals surface area contributed by atoms with E-state index in [1.165, 1.54) is 9.80 Å². The number of carbonyl (C=O) groups is 4. The topological polar surface area (TPSA) is 86.8 Å². The molecule has 5 rings (SSSR count). The van der Waals surface area contributed by atoms with Gasteiger partial charge in [-0.1, -0.05) is 40.2 Å². The lowest BCUT2D eigenvalue weighted by molar-refractivity contribution is -0.138. The standard InChI is InChI=1S/C29H24BrF2N3O4/c30-20-8-4-7-19(14-20)27(37)33-23(13-17-11-21(31)15-22(32)12-17)29(39)34-10-9-24-26(34)25(36)16-35(24)28(38)18-5-2-1-3-6-18/h1-8,11-12,14-15,23-24,26H,9-10,13,16H2,(H,33,37)/t23-,24+,26-/m0/s1. The van der Waals surface area contributed by atoms with Gasteiger partial charge in [-0.15, -0.1) is 0 Å². The Bertz CT molecular complexity index is 1430. The number of benzene rings is 3. The Labute approximate surface area is 231 Å². The molecule has 0 radical (unpaired) electrons. The highest BCUT2D eigenvalue weighted by Crippen LogP contribution is 2.31. The van der Waals surface area contributed by atoms with E-state index >= 15 is 0 Å². The normalized spacial score (nSPS) is 19.1. The number of rotatable bonds is 6. The number of amides is 3. The lowest BCUT2D eigenvalue weighted by Gasteiger charge is -2.28. The number of halogens is 3. The Balaban J connectivity index is 1.40. The minimum Gasteiger partial charge on any atom is -0.340 e. The third-order valence-electron chi connectivity index (χ3n) is 7.04. The van der Waals surface area contributed by atoms with E-state index in [1.54, 1.807) is 54.6 Å². The van der Waals surface area contributed by atoms with Crippen molar-refractivity contribution in [3.05, 3.63) is 106 Å². The van der Waals surface area contributed by atoms with Gasteiger partial charge in [0.05, 0.1) is 12.6 Å². The lowest BCUT2D eigenvalue weighted by Crippen LogP contribution is -2.53. The van der Waals surface area contributed by atoms with Crippen LogP contribution in [0.4, 0.5) is 8.78 Å². The van der Waals surface area contributed by atoms with Crippen LogP contribution in [0.1, 0.15) is 32.7 Å². The molecule has 3 amide bonds. The van der Waals surface area contributed by atoms with Crippen molar-refractivity contribution in [2.75, 3.05) is 13.1 Å². The van der Waals surface area contributed by atoms with Gasteiger partial charge >= 0.3 is 0 Å². The minimum absolute atomic E-state index is 0.128. The van der Waals surface area contributed by atoms with Gasteiger partial charge in [0.25, 0.3) is 11.8 Å². The van der Waals surface area contributed by atoms with E-state index < -0.39 is 41.6 Å². The largest absolute Gasteiger partial charge is 0.340 e. The second-order valence-electron chi connectivity index (χ2n) is 9.62. The van der Waals surface area contributed by atoms with Crippen LogP contribution in [0.2, 0.25) is 0 Å². The Kier molecular flexibility index (Phi) is 7.56. The maximum Gasteiger partial charge on any atom is 0.254 e. The van der Waals surface area contributed by atoms with Crippen molar-refractivity contribution in [1.29, 1.82) is 0 Å². The van der Waals surface area contributed by atoms with Crippen molar-refractivity contribution < 1.29 is 28.0 Å². The molecular weight excluding hydrogens is 572 g/mol. The molecule has 2 aliphatic heterocycles. The summed E-state index contributed by atoms with van der Waals surface area (Å²) in [5, 5.41) is 2.69. The fourth-order valence-electron chi connectivity index (χ4n) is 5.32. The zero-order valence-corrected chi connectivity index (χ0v) is 22.2. The average Bonchev–Trinajstić information content (AvgIpc) is 3.48. The maximum atomic E-state index is 13.9. The van der Waals surface area contributed by atoms with Crippen LogP contribution in [-0.2, 0) is 16.0 Å². The molecule has 0 bridgehead atoms. The monoisotopic (exact) mass is 595 g/mol. The van der Waals surface area contributed by atoms with Crippen molar-refractivity contribution in [2.24, 2.45) is 0 Å². The Hall–Kier alpha value is -3.92. The van der Waals surface area contributed by atoms with Gasteiger partial charge < -0.3 is 15.1 Å². The summed E-state index contributed by atoms with van der Waals surface area (Å²) >= 11 is 3.31. The second-order valence-corrected chi connectivity index (χ2v) is 10.5. The number of fused-ring (bicyclic) bond motifs is 1. The third-order valence-corrected chi connectivity index (χ3v) is 7.53. The van der Waals surface area contributed by atoms with Crippen LogP contribution in [0.25, 0.3) is 0 Å². The molecule has 0 aliphatic carbocycles. The fraction of sp³-hybridized carbons (Fsp3) is 0.241. The van der Waals surface area contributed by atoms with Crippen molar-refractivity contribution >= 4 is 39.4 Å². The van der Waals surface area contributed by atoms with Gasteiger partial charge in [0.15, 0.2) is 5.78 Å². The molecule has 10 heteroatoms. The van der Waals surface area contributed by atoms with Gasteiger partial charge in [0.1, 0.15) is 23.7 Å². The maximum absolute atomic E-state index is 13.9. The molecule has 0 saturated carbocycles. The fourth-order valence-corrected chi connectivity index (χ4v) is 5.72. The SMILES string of the molecule is O=C(N[C@@H](Cc1cc(F)cc(F)c1)C(=O)N1CC[C@@H]2[C@H]1C(=O)CN2C(=O)c1ccccc1)c1cccc(Br)c1. The molecule has 0 spiro atoms. The highest BCUT2D eigenvalue weighted by molar-refractivity contribution is 9.10. The molecule has 0 unspecified atom stereocenters. The highest BCUT2D eigenvalue weighted by Gasteiger charge is 2.52. The number of likely N-dealkylation sites (tertiary alicyclic amines) is 2. The zero-order chi connectivity index (χ0) is 27.7. The molecule has 2 aliphatic rings. The van der Waals surface area contributed by atoms with Crippen LogP contribution in [0.5, 0.6) is 0 Å². The Morgan fingerprint density at radius 1 is 0.923 bits per heavy atom. The van der Waals surface area contributed by atoms with Gasteiger partial charge in [0.2, 0.25) is 5.91 Å². The molecule has 3 atom stereocenters. The first kappa shape index (κ1) is 26.7. The predicted molar refractivity (Wildman–Crippen MR) is 142 cm³/mol. The number of hydrogen-bond donors (Lipinski definition) is 1. The molecule has 3 aromatic carbocycles. The molecule has 2 saturated heterocycles. The molecule has 1 N–H and O–H groups in total. The van der Waals surface area contributed by atoms with E-state index in [-0.39, 0.29) is 42.3 Å². The quantitative estimate of drug-likeness (QED) is 0.470. The summed E-state index contributed by atoms with van der Waals surface area (Å²) in [6.07, 6.45) is 0.198. The van der Waals surface area contributed by atoms with Crippen molar-refractivity contribution in [3.63, 3.8) is 0 Å². The molecular formula is C29H24BrF2N3O4. The number of Topliss-reactive ketones (excluding diaryl/α,β-unsaturated/α-hetero) is 1. The summed E-state index contributed by atoms with van der Waals surface area (Å²) in [7, 11) is 0. The molecule has 2 heterocycles. The van der Waals surface area contributed by atoms with Gasteiger partial charge in [-0.05, 0) is 54.4 Å². The first-order chi connectivity index (χ1) is 18.7. The number of nitrogens with one attached hydrogen (secondary N) is 1. The molecule has 0 aromatic heterocycles. The molecule has 7 nitrogen and oxygen atoms in total.